The maximum atomic E-state index is 11.9. The van der Waals surface area contributed by atoms with Gasteiger partial charge in [0.1, 0.15) is 6.04 Å². The summed E-state index contributed by atoms with van der Waals surface area (Å²) in [6.45, 7) is 0. The molecule has 0 rings (SSSR count). The van der Waals surface area contributed by atoms with Crippen molar-refractivity contribution in [2.45, 2.75) is 37.8 Å². The normalized spacial score (nSPS) is 12.6. The molecule has 0 aromatic rings. The third kappa shape index (κ3) is 11.1. The molecule has 0 spiro atoms. The molecule has 2 unspecified atom stereocenters. The van der Waals surface area contributed by atoms with Gasteiger partial charge in [-0.15, -0.1) is 0 Å². The predicted molar refractivity (Wildman–Crippen MR) is 71.0 cm³/mol. The second-order valence-corrected chi connectivity index (χ2v) is 4.24. The van der Waals surface area contributed by atoms with E-state index < -0.39 is 35.8 Å². The quantitative estimate of drug-likeness (QED) is 0.186. The molecule has 120 valence electrons. The molecule has 2 amide bonds. The van der Waals surface area contributed by atoms with E-state index in [1.54, 1.807) is 0 Å². The fraction of sp³-hybridized carbons (Fsp3) is 0.636. The molecule has 10 nitrogen and oxygen atoms in total. The molecule has 0 bridgehead atoms. The second-order valence-electron chi connectivity index (χ2n) is 4.24. The Bertz CT molecular complexity index is 406. The van der Waals surface area contributed by atoms with E-state index in [0.717, 1.165) is 0 Å². The van der Waals surface area contributed by atoms with Gasteiger partial charge in [-0.25, -0.2) is 5.43 Å². The number of nitrogens with one attached hydrogen (secondary N) is 4. The van der Waals surface area contributed by atoms with Crippen LogP contribution in [0, 0.1) is 0 Å². The molecule has 2 atom stereocenters. The van der Waals surface area contributed by atoms with Crippen molar-refractivity contribution >= 4 is 23.8 Å². The Hall–Kier alpha value is -0.564. The molecular formula is C11H19KN4O6. The summed E-state index contributed by atoms with van der Waals surface area (Å²) in [4.78, 5) is 43.9. The van der Waals surface area contributed by atoms with Crippen LogP contribution in [-0.4, -0.2) is 53.1 Å². The van der Waals surface area contributed by atoms with E-state index in [9.17, 15) is 19.2 Å². The molecular weight excluding hydrogens is 323 g/mol. The molecule has 0 saturated heterocycles. The van der Waals surface area contributed by atoms with Crippen molar-refractivity contribution in [2.75, 3.05) is 7.05 Å². The van der Waals surface area contributed by atoms with Crippen LogP contribution in [0.5, 0.6) is 0 Å². The SMILES string of the molecule is CNNC(CCC(=O)O)C(=O)NC(CCC(=O)O)C([NH-])=O.[K+]. The molecule has 0 aromatic carbocycles. The second kappa shape index (κ2) is 12.9. The predicted octanol–water partition coefficient (Wildman–Crippen LogP) is -4.12. The Labute approximate surface area is 170 Å². The smallest absolute Gasteiger partial charge is 0.666 e. The molecule has 11 heteroatoms. The number of hydrazine groups is 1. The van der Waals surface area contributed by atoms with Crippen molar-refractivity contribution in [2.24, 2.45) is 0 Å². The van der Waals surface area contributed by atoms with Crippen molar-refractivity contribution < 1.29 is 80.8 Å². The van der Waals surface area contributed by atoms with Gasteiger partial charge < -0.3 is 26.1 Å². The summed E-state index contributed by atoms with van der Waals surface area (Å²) < 4.78 is 0. The van der Waals surface area contributed by atoms with Crippen LogP contribution in [0.4, 0.5) is 0 Å². The van der Waals surface area contributed by atoms with E-state index >= 15 is 0 Å². The summed E-state index contributed by atoms with van der Waals surface area (Å²) in [5.74, 6) is -4.01. The Morgan fingerprint density at radius 2 is 1.45 bits per heavy atom. The Balaban J connectivity index is 0. The Morgan fingerprint density at radius 1 is 1.00 bits per heavy atom. The largest absolute Gasteiger partial charge is 1.00 e. The van der Waals surface area contributed by atoms with E-state index in [1.807, 2.05) is 0 Å². The van der Waals surface area contributed by atoms with Gasteiger partial charge in [0.25, 0.3) is 0 Å². The number of hydrogen-bond donors (Lipinski definition) is 5. The van der Waals surface area contributed by atoms with E-state index in [1.165, 1.54) is 7.05 Å². The summed E-state index contributed by atoms with van der Waals surface area (Å²) in [7, 11) is 1.48. The molecule has 0 aliphatic rings. The number of carboxylic acid groups (broad SMARTS) is 2. The maximum Gasteiger partial charge on any atom is 1.00 e. The molecule has 6 N–H and O–H groups in total. The first-order chi connectivity index (χ1) is 9.77. The summed E-state index contributed by atoms with van der Waals surface area (Å²) in [6, 6.07) is -2.16. The minimum Gasteiger partial charge on any atom is -0.666 e. The van der Waals surface area contributed by atoms with Crippen LogP contribution in [0.15, 0.2) is 0 Å². The van der Waals surface area contributed by atoms with Crippen molar-refractivity contribution in [3.63, 3.8) is 0 Å². The zero-order chi connectivity index (χ0) is 16.4. The van der Waals surface area contributed by atoms with E-state index in [2.05, 4.69) is 16.2 Å². The van der Waals surface area contributed by atoms with Gasteiger partial charge in [-0.2, -0.15) is 0 Å². The Kier molecular flexibility index (Phi) is 13.9. The van der Waals surface area contributed by atoms with E-state index in [4.69, 9.17) is 15.9 Å². The minimum absolute atomic E-state index is 0. The molecule has 0 radical (unpaired) electrons. The molecule has 0 fully saturated rings. The zero-order valence-corrected chi connectivity index (χ0v) is 15.6. The molecule has 0 aromatic heterocycles. The first-order valence-corrected chi connectivity index (χ1v) is 6.19. The van der Waals surface area contributed by atoms with Crippen molar-refractivity contribution in [3.8, 4) is 0 Å². The van der Waals surface area contributed by atoms with Gasteiger partial charge in [0.15, 0.2) is 0 Å². The van der Waals surface area contributed by atoms with Crippen molar-refractivity contribution in [1.82, 2.24) is 16.2 Å². The van der Waals surface area contributed by atoms with Gasteiger partial charge in [-0.05, 0) is 19.9 Å². The first kappa shape index (κ1) is 23.7. The third-order valence-corrected chi connectivity index (χ3v) is 2.56. The average Bonchev–Trinajstić information content (AvgIpc) is 2.38. The fourth-order valence-electron chi connectivity index (χ4n) is 1.52. The maximum absolute atomic E-state index is 11.9. The molecule has 22 heavy (non-hydrogen) atoms. The number of hydrogen-bond acceptors (Lipinski definition) is 6. The number of aliphatic carboxylic acids is 2. The van der Waals surface area contributed by atoms with Gasteiger partial charge in [-0.3, -0.25) is 19.8 Å². The number of carbonyl (C=O) groups excluding carboxylic acids is 2. The first-order valence-electron chi connectivity index (χ1n) is 6.19. The van der Waals surface area contributed by atoms with Crippen LogP contribution < -0.4 is 67.6 Å². The number of rotatable bonds is 11. The molecule has 0 saturated carbocycles. The number of carboxylic acids is 2. The van der Waals surface area contributed by atoms with Gasteiger partial charge >= 0.3 is 63.3 Å². The molecule has 0 aliphatic heterocycles. The minimum atomic E-state index is -1.24. The van der Waals surface area contributed by atoms with Gasteiger partial charge in [0.05, 0.1) is 11.9 Å². The van der Waals surface area contributed by atoms with Crippen molar-refractivity contribution in [3.05, 3.63) is 5.73 Å². The Morgan fingerprint density at radius 3 is 1.82 bits per heavy atom. The van der Waals surface area contributed by atoms with Gasteiger partial charge in [-0.1, -0.05) is 0 Å². The van der Waals surface area contributed by atoms with Crippen LogP contribution in [0.3, 0.4) is 0 Å². The number of amides is 2. The van der Waals surface area contributed by atoms with Gasteiger partial charge in [0.2, 0.25) is 5.91 Å². The van der Waals surface area contributed by atoms with Gasteiger partial charge in [0, 0.05) is 12.8 Å². The topological polar surface area (TPSA) is 169 Å². The standard InChI is InChI=1S/C11H20N4O6.K/c1-13-15-7(3-5-9(18)19)11(21)14-6(10(12)20)2-4-8(16)17;/h6-7,13,15H,2-5H2,1H3,(H5,12,14,16,17,18,19,20,21);/q;+1/p-1. The zero-order valence-electron chi connectivity index (χ0n) is 12.5. The van der Waals surface area contributed by atoms with Crippen LogP contribution >= 0.6 is 0 Å². The fourth-order valence-corrected chi connectivity index (χ4v) is 1.52. The summed E-state index contributed by atoms with van der Waals surface area (Å²) in [6.07, 6.45) is -0.856. The van der Waals surface area contributed by atoms with Crippen LogP contribution in [0.2, 0.25) is 0 Å². The van der Waals surface area contributed by atoms with Crippen molar-refractivity contribution in [1.29, 1.82) is 0 Å². The molecule has 0 aliphatic carbocycles. The average molecular weight is 342 g/mol. The van der Waals surface area contributed by atoms with E-state index in [0.29, 0.717) is 0 Å². The summed E-state index contributed by atoms with van der Waals surface area (Å²) in [5.41, 5.74) is 12.0. The van der Waals surface area contributed by atoms with Crippen LogP contribution in [0.1, 0.15) is 25.7 Å². The number of carbonyl (C=O) groups is 4. The molecule has 0 heterocycles. The van der Waals surface area contributed by atoms with E-state index in [-0.39, 0.29) is 77.1 Å². The van der Waals surface area contributed by atoms with Crippen LogP contribution in [0.25, 0.3) is 5.73 Å². The summed E-state index contributed by atoms with van der Waals surface area (Å²) >= 11 is 0. The van der Waals surface area contributed by atoms with Crippen LogP contribution in [-0.2, 0) is 19.2 Å². The third-order valence-electron chi connectivity index (χ3n) is 2.56. The summed E-state index contributed by atoms with van der Waals surface area (Å²) in [5, 5.41) is 19.4. The monoisotopic (exact) mass is 342 g/mol.